The van der Waals surface area contributed by atoms with Gasteiger partial charge in [-0.3, -0.25) is 4.79 Å². The Morgan fingerprint density at radius 2 is 2.22 bits per heavy atom. The number of amides is 1. The van der Waals surface area contributed by atoms with Crippen molar-refractivity contribution in [2.45, 2.75) is 45.1 Å². The highest BCUT2D eigenvalue weighted by molar-refractivity contribution is 7.10. The van der Waals surface area contributed by atoms with Gasteiger partial charge in [-0.2, -0.15) is 0 Å². The average molecular weight is 266 g/mol. The van der Waals surface area contributed by atoms with Gasteiger partial charge in [-0.25, -0.2) is 0 Å². The maximum absolute atomic E-state index is 12.5. The zero-order valence-corrected chi connectivity index (χ0v) is 11.8. The molecule has 3 nitrogen and oxygen atoms in total. The molecular weight excluding hydrogens is 244 g/mol. The van der Waals surface area contributed by atoms with E-state index in [2.05, 4.69) is 11.4 Å². The van der Waals surface area contributed by atoms with Crippen LogP contribution in [0.2, 0.25) is 0 Å². The van der Waals surface area contributed by atoms with E-state index in [0.717, 1.165) is 25.7 Å². The lowest BCUT2D eigenvalue weighted by Gasteiger charge is -2.35. The van der Waals surface area contributed by atoms with E-state index in [1.54, 1.807) is 11.3 Å². The van der Waals surface area contributed by atoms with Gasteiger partial charge in [0, 0.05) is 11.4 Å². The van der Waals surface area contributed by atoms with Crippen molar-refractivity contribution < 1.29 is 4.79 Å². The number of rotatable bonds is 4. The SMILES string of the molecule is CC(NC(=O)C1(CN)CCCCC1)c1cccs1. The maximum atomic E-state index is 12.5. The van der Waals surface area contributed by atoms with Gasteiger partial charge in [0.05, 0.1) is 11.5 Å². The highest BCUT2D eigenvalue weighted by Gasteiger charge is 2.38. The zero-order chi connectivity index (χ0) is 13.0. The molecule has 3 N–H and O–H groups in total. The van der Waals surface area contributed by atoms with Crippen molar-refractivity contribution in [3.63, 3.8) is 0 Å². The van der Waals surface area contributed by atoms with E-state index >= 15 is 0 Å². The molecule has 1 atom stereocenters. The Balaban J connectivity index is 2.01. The summed E-state index contributed by atoms with van der Waals surface area (Å²) in [5.41, 5.74) is 5.56. The molecule has 1 heterocycles. The highest BCUT2D eigenvalue weighted by atomic mass is 32.1. The summed E-state index contributed by atoms with van der Waals surface area (Å²) in [7, 11) is 0. The number of nitrogens with two attached hydrogens (primary N) is 1. The molecule has 0 bridgehead atoms. The van der Waals surface area contributed by atoms with Crippen LogP contribution in [0.4, 0.5) is 0 Å². The molecule has 2 rings (SSSR count). The molecule has 1 unspecified atom stereocenters. The Labute approximate surface area is 113 Å². The van der Waals surface area contributed by atoms with Crippen molar-refractivity contribution in [3.05, 3.63) is 22.4 Å². The first-order chi connectivity index (χ1) is 8.68. The lowest BCUT2D eigenvalue weighted by Crippen LogP contribution is -2.47. The first-order valence-corrected chi connectivity index (χ1v) is 7.60. The second-order valence-electron chi connectivity index (χ2n) is 5.26. The Morgan fingerprint density at radius 3 is 2.78 bits per heavy atom. The van der Waals surface area contributed by atoms with Crippen LogP contribution in [0.3, 0.4) is 0 Å². The number of carbonyl (C=O) groups is 1. The quantitative estimate of drug-likeness (QED) is 0.880. The number of nitrogens with one attached hydrogen (secondary N) is 1. The number of carbonyl (C=O) groups excluding carboxylic acids is 1. The molecule has 0 aromatic carbocycles. The molecule has 4 heteroatoms. The molecular formula is C14H22N2OS. The van der Waals surface area contributed by atoms with Crippen molar-refractivity contribution in [2.75, 3.05) is 6.54 Å². The third-order valence-electron chi connectivity index (χ3n) is 4.00. The summed E-state index contributed by atoms with van der Waals surface area (Å²) in [4.78, 5) is 13.7. The Hall–Kier alpha value is -0.870. The van der Waals surface area contributed by atoms with Gasteiger partial charge in [0.2, 0.25) is 5.91 Å². The fourth-order valence-corrected chi connectivity index (χ4v) is 3.45. The van der Waals surface area contributed by atoms with Crippen LogP contribution in [-0.2, 0) is 4.79 Å². The molecule has 1 saturated carbocycles. The summed E-state index contributed by atoms with van der Waals surface area (Å²) in [5.74, 6) is 0.144. The van der Waals surface area contributed by atoms with Crippen LogP contribution in [-0.4, -0.2) is 12.5 Å². The van der Waals surface area contributed by atoms with Crippen molar-refractivity contribution in [2.24, 2.45) is 11.1 Å². The minimum absolute atomic E-state index is 0.0860. The summed E-state index contributed by atoms with van der Waals surface area (Å²) in [6, 6.07) is 4.16. The molecule has 1 aromatic rings. The van der Waals surface area contributed by atoms with Crippen molar-refractivity contribution in [3.8, 4) is 0 Å². The summed E-state index contributed by atoms with van der Waals surface area (Å²) in [6.07, 6.45) is 5.35. The maximum Gasteiger partial charge on any atom is 0.227 e. The van der Waals surface area contributed by atoms with Gasteiger partial charge in [0.15, 0.2) is 0 Å². The van der Waals surface area contributed by atoms with E-state index < -0.39 is 0 Å². The molecule has 1 aliphatic carbocycles. The second-order valence-corrected chi connectivity index (χ2v) is 6.23. The molecule has 0 radical (unpaired) electrons. The predicted molar refractivity (Wildman–Crippen MR) is 75.4 cm³/mol. The second kappa shape index (κ2) is 5.85. The molecule has 100 valence electrons. The van der Waals surface area contributed by atoms with Crippen LogP contribution in [0, 0.1) is 5.41 Å². The highest BCUT2D eigenvalue weighted by Crippen LogP contribution is 2.36. The predicted octanol–water partition coefficient (Wildman–Crippen LogP) is 2.83. The van der Waals surface area contributed by atoms with Gasteiger partial charge in [0.25, 0.3) is 0 Å². The van der Waals surface area contributed by atoms with Crippen molar-refractivity contribution in [1.82, 2.24) is 5.32 Å². The molecule has 0 aliphatic heterocycles. The number of thiophene rings is 1. The molecule has 18 heavy (non-hydrogen) atoms. The van der Waals surface area contributed by atoms with Crippen molar-refractivity contribution in [1.29, 1.82) is 0 Å². The van der Waals surface area contributed by atoms with Gasteiger partial charge in [-0.15, -0.1) is 11.3 Å². The third-order valence-corrected chi connectivity index (χ3v) is 5.06. The van der Waals surface area contributed by atoms with Crippen molar-refractivity contribution >= 4 is 17.2 Å². The van der Waals surface area contributed by atoms with Crippen LogP contribution in [0.25, 0.3) is 0 Å². The van der Waals surface area contributed by atoms with Gasteiger partial charge < -0.3 is 11.1 Å². The third kappa shape index (κ3) is 2.75. The Bertz CT molecular complexity index is 383. The molecule has 0 spiro atoms. The normalized spacial score (nSPS) is 20.3. The summed E-state index contributed by atoms with van der Waals surface area (Å²) in [5, 5.41) is 5.17. The largest absolute Gasteiger partial charge is 0.348 e. The molecule has 1 amide bonds. The van der Waals surface area contributed by atoms with Crippen LogP contribution in [0.1, 0.15) is 49.9 Å². The van der Waals surface area contributed by atoms with Gasteiger partial charge in [-0.05, 0) is 31.2 Å². The molecule has 1 fully saturated rings. The van der Waals surface area contributed by atoms with E-state index in [4.69, 9.17) is 5.73 Å². The van der Waals surface area contributed by atoms with E-state index in [0.29, 0.717) is 6.54 Å². The zero-order valence-electron chi connectivity index (χ0n) is 10.9. The average Bonchev–Trinajstić information content (AvgIpc) is 2.93. The van der Waals surface area contributed by atoms with Gasteiger partial charge in [-0.1, -0.05) is 25.3 Å². The first kappa shape index (κ1) is 13.6. The topological polar surface area (TPSA) is 55.1 Å². The summed E-state index contributed by atoms with van der Waals surface area (Å²) >= 11 is 1.68. The first-order valence-electron chi connectivity index (χ1n) is 6.72. The van der Waals surface area contributed by atoms with E-state index in [9.17, 15) is 4.79 Å². The van der Waals surface area contributed by atoms with E-state index in [1.807, 2.05) is 18.4 Å². The summed E-state index contributed by atoms with van der Waals surface area (Å²) < 4.78 is 0. The summed E-state index contributed by atoms with van der Waals surface area (Å²) in [6.45, 7) is 2.51. The fraction of sp³-hybridized carbons (Fsp3) is 0.643. The minimum atomic E-state index is -0.316. The standard InChI is InChI=1S/C14H22N2OS/c1-11(12-6-5-9-18-12)16-13(17)14(10-15)7-3-2-4-8-14/h5-6,9,11H,2-4,7-8,10,15H2,1H3,(H,16,17). The van der Waals surface area contributed by atoms with Crippen LogP contribution in [0.5, 0.6) is 0 Å². The number of hydrogen-bond acceptors (Lipinski definition) is 3. The Kier molecular flexibility index (Phi) is 4.40. The van der Waals surface area contributed by atoms with Gasteiger partial charge in [0.1, 0.15) is 0 Å². The number of hydrogen-bond donors (Lipinski definition) is 2. The van der Waals surface area contributed by atoms with Gasteiger partial charge >= 0.3 is 0 Å². The van der Waals surface area contributed by atoms with Crippen LogP contribution in [0.15, 0.2) is 17.5 Å². The van der Waals surface area contributed by atoms with Crippen LogP contribution >= 0.6 is 11.3 Å². The lowest BCUT2D eigenvalue weighted by atomic mass is 9.73. The Morgan fingerprint density at radius 1 is 1.50 bits per heavy atom. The molecule has 0 saturated heterocycles. The molecule has 1 aliphatic rings. The lowest BCUT2D eigenvalue weighted by molar-refractivity contribution is -0.133. The monoisotopic (exact) mass is 266 g/mol. The van der Waals surface area contributed by atoms with E-state index in [-0.39, 0.29) is 17.4 Å². The smallest absolute Gasteiger partial charge is 0.227 e. The fourth-order valence-electron chi connectivity index (χ4n) is 2.71. The van der Waals surface area contributed by atoms with E-state index in [1.165, 1.54) is 11.3 Å². The molecule has 1 aromatic heterocycles. The van der Waals surface area contributed by atoms with Crippen LogP contribution < -0.4 is 11.1 Å². The minimum Gasteiger partial charge on any atom is -0.348 e.